The van der Waals surface area contributed by atoms with Gasteiger partial charge in [-0.1, -0.05) is 0 Å². The van der Waals surface area contributed by atoms with Crippen LogP contribution in [0.25, 0.3) is 0 Å². The molecule has 2 aromatic rings. The molecule has 11 heteroatoms. The number of nitrogens with one attached hydrogen (secondary N) is 2. The second-order valence-corrected chi connectivity index (χ2v) is 6.03. The number of benzene rings is 2. The summed E-state index contributed by atoms with van der Waals surface area (Å²) in [6.45, 7) is -1.19. The molecule has 0 saturated heterocycles. The summed E-state index contributed by atoms with van der Waals surface area (Å²) in [5.41, 5.74) is -0.631. The Labute approximate surface area is 175 Å². The van der Waals surface area contributed by atoms with Crippen LogP contribution in [-0.2, 0) is 20.5 Å². The van der Waals surface area contributed by atoms with Crippen molar-refractivity contribution in [2.45, 2.75) is 6.18 Å². The van der Waals surface area contributed by atoms with Crippen molar-refractivity contribution in [3.63, 3.8) is 0 Å². The average Bonchev–Trinajstić information content (AvgIpc) is 2.75. The molecule has 8 nitrogen and oxygen atoms in total. The van der Waals surface area contributed by atoms with Gasteiger partial charge < -0.3 is 24.8 Å². The van der Waals surface area contributed by atoms with Crippen molar-refractivity contribution < 1.29 is 41.8 Å². The molecule has 0 aliphatic heterocycles. The Kier molecular flexibility index (Phi) is 7.83. The summed E-state index contributed by atoms with van der Waals surface area (Å²) in [4.78, 5) is 35.6. The van der Waals surface area contributed by atoms with Gasteiger partial charge in [-0.15, -0.1) is 0 Å². The molecule has 0 aliphatic carbocycles. The number of methoxy groups -OCH3 is 2. The Balaban J connectivity index is 1.80. The largest absolute Gasteiger partial charge is 0.497 e. The van der Waals surface area contributed by atoms with Crippen molar-refractivity contribution >= 4 is 23.5 Å². The minimum absolute atomic E-state index is 0.0647. The summed E-state index contributed by atoms with van der Waals surface area (Å²) in [6.07, 6.45) is -4.52. The fourth-order valence-corrected chi connectivity index (χ4v) is 2.35. The van der Waals surface area contributed by atoms with E-state index in [0.29, 0.717) is 17.2 Å². The number of ether oxygens (including phenoxy) is 3. The van der Waals surface area contributed by atoms with Crippen LogP contribution in [-0.4, -0.2) is 45.2 Å². The van der Waals surface area contributed by atoms with Gasteiger partial charge in [0.25, 0.3) is 11.8 Å². The van der Waals surface area contributed by atoms with E-state index in [1.165, 1.54) is 14.2 Å². The highest BCUT2D eigenvalue weighted by molar-refractivity contribution is 5.97. The molecule has 0 heterocycles. The number of carbonyl (C=O) groups excluding carboxylic acids is 3. The average molecular weight is 440 g/mol. The fraction of sp³-hybridized carbons (Fsp3) is 0.250. The molecule has 31 heavy (non-hydrogen) atoms. The zero-order valence-electron chi connectivity index (χ0n) is 16.5. The van der Waals surface area contributed by atoms with Crippen molar-refractivity contribution in [1.82, 2.24) is 5.32 Å². The maximum absolute atomic E-state index is 12.5. The van der Waals surface area contributed by atoms with Crippen LogP contribution in [0.3, 0.4) is 0 Å². The monoisotopic (exact) mass is 440 g/mol. The quantitative estimate of drug-likeness (QED) is 0.612. The predicted octanol–water partition coefficient (Wildman–Crippen LogP) is 2.63. The summed E-state index contributed by atoms with van der Waals surface area (Å²) in [6, 6.07) is 8.18. The number of rotatable bonds is 8. The van der Waals surface area contributed by atoms with Crippen LogP contribution in [0.2, 0.25) is 0 Å². The molecule has 0 aliphatic rings. The Bertz CT molecular complexity index is 945. The predicted molar refractivity (Wildman–Crippen MR) is 103 cm³/mol. The Morgan fingerprint density at radius 3 is 2.23 bits per heavy atom. The molecule has 0 aromatic heterocycles. The zero-order valence-corrected chi connectivity index (χ0v) is 16.5. The lowest BCUT2D eigenvalue weighted by Gasteiger charge is -2.12. The van der Waals surface area contributed by atoms with Crippen molar-refractivity contribution in [3.05, 3.63) is 53.6 Å². The van der Waals surface area contributed by atoms with Gasteiger partial charge in [-0.2, -0.15) is 13.2 Å². The fourth-order valence-electron chi connectivity index (χ4n) is 2.35. The molecule has 0 atom stereocenters. The number of alkyl halides is 3. The van der Waals surface area contributed by atoms with Gasteiger partial charge in [0.1, 0.15) is 18.0 Å². The van der Waals surface area contributed by atoms with Crippen LogP contribution < -0.4 is 20.1 Å². The first-order chi connectivity index (χ1) is 14.6. The first-order valence-electron chi connectivity index (χ1n) is 8.77. The number of hydrogen-bond acceptors (Lipinski definition) is 6. The first kappa shape index (κ1) is 23.5. The molecule has 0 unspecified atom stereocenters. The van der Waals surface area contributed by atoms with E-state index >= 15 is 0 Å². The Hall–Kier alpha value is -3.76. The Morgan fingerprint density at radius 2 is 1.65 bits per heavy atom. The van der Waals surface area contributed by atoms with Crippen LogP contribution in [0.15, 0.2) is 42.5 Å². The second-order valence-electron chi connectivity index (χ2n) is 6.03. The van der Waals surface area contributed by atoms with E-state index in [1.54, 1.807) is 18.2 Å². The second kappa shape index (κ2) is 10.3. The molecule has 0 bridgehead atoms. The van der Waals surface area contributed by atoms with Gasteiger partial charge in [-0.05, 0) is 36.4 Å². The molecule has 2 rings (SSSR count). The summed E-state index contributed by atoms with van der Waals surface area (Å²) < 4.78 is 52.5. The maximum atomic E-state index is 12.5. The maximum Gasteiger partial charge on any atom is 0.416 e. The normalized spacial score (nSPS) is 10.7. The van der Waals surface area contributed by atoms with Crippen molar-refractivity contribution in [2.24, 2.45) is 0 Å². The SMILES string of the molecule is COc1ccc(NC(=O)COC(=O)CNC(=O)c2ccc(C(F)(F)F)cc2)c(OC)c1. The summed E-state index contributed by atoms with van der Waals surface area (Å²) >= 11 is 0. The van der Waals surface area contributed by atoms with Crippen LogP contribution in [0.1, 0.15) is 15.9 Å². The molecular formula is C20H19F3N2O6. The molecule has 2 amide bonds. The van der Waals surface area contributed by atoms with E-state index in [0.717, 1.165) is 24.3 Å². The molecule has 0 radical (unpaired) electrons. The van der Waals surface area contributed by atoms with E-state index in [9.17, 15) is 27.6 Å². The van der Waals surface area contributed by atoms with Gasteiger partial charge in [-0.3, -0.25) is 14.4 Å². The third-order valence-corrected chi connectivity index (χ3v) is 3.91. The van der Waals surface area contributed by atoms with Crippen LogP contribution in [0.5, 0.6) is 11.5 Å². The smallest absolute Gasteiger partial charge is 0.416 e. The van der Waals surface area contributed by atoms with E-state index in [2.05, 4.69) is 10.6 Å². The van der Waals surface area contributed by atoms with Gasteiger partial charge in [0, 0.05) is 11.6 Å². The third-order valence-electron chi connectivity index (χ3n) is 3.91. The number of anilines is 1. The van der Waals surface area contributed by atoms with Gasteiger partial charge in [-0.25, -0.2) is 0 Å². The molecule has 2 N–H and O–H groups in total. The van der Waals surface area contributed by atoms with E-state index in [1.807, 2.05) is 0 Å². The molecule has 0 saturated carbocycles. The highest BCUT2D eigenvalue weighted by Gasteiger charge is 2.30. The number of esters is 1. The summed E-state index contributed by atoms with van der Waals surface area (Å²) in [5.74, 6) is -1.46. The molecule has 2 aromatic carbocycles. The summed E-state index contributed by atoms with van der Waals surface area (Å²) in [5, 5.41) is 4.70. The number of hydrogen-bond donors (Lipinski definition) is 2. The van der Waals surface area contributed by atoms with Crippen molar-refractivity contribution in [2.75, 3.05) is 32.7 Å². The highest BCUT2D eigenvalue weighted by atomic mass is 19.4. The topological polar surface area (TPSA) is 103 Å². The van der Waals surface area contributed by atoms with E-state index < -0.39 is 42.7 Å². The molecule has 166 valence electrons. The number of halogens is 3. The minimum Gasteiger partial charge on any atom is -0.497 e. The van der Waals surface area contributed by atoms with Crippen LogP contribution in [0.4, 0.5) is 18.9 Å². The number of carbonyl (C=O) groups is 3. The van der Waals surface area contributed by atoms with Crippen molar-refractivity contribution in [1.29, 1.82) is 0 Å². The molecular weight excluding hydrogens is 421 g/mol. The van der Waals surface area contributed by atoms with E-state index in [-0.39, 0.29) is 5.56 Å². The van der Waals surface area contributed by atoms with Gasteiger partial charge >= 0.3 is 12.1 Å². The van der Waals surface area contributed by atoms with Crippen molar-refractivity contribution in [3.8, 4) is 11.5 Å². The zero-order chi connectivity index (χ0) is 23.0. The third kappa shape index (κ3) is 6.91. The van der Waals surface area contributed by atoms with Gasteiger partial charge in [0.05, 0.1) is 25.5 Å². The summed E-state index contributed by atoms with van der Waals surface area (Å²) in [7, 11) is 2.88. The Morgan fingerprint density at radius 1 is 0.968 bits per heavy atom. The highest BCUT2D eigenvalue weighted by Crippen LogP contribution is 2.29. The lowest BCUT2D eigenvalue weighted by Crippen LogP contribution is -2.32. The molecule has 0 fully saturated rings. The van der Waals surface area contributed by atoms with Gasteiger partial charge in [0.15, 0.2) is 6.61 Å². The van der Waals surface area contributed by atoms with Crippen LogP contribution in [0, 0.1) is 0 Å². The van der Waals surface area contributed by atoms with Crippen LogP contribution >= 0.6 is 0 Å². The lowest BCUT2D eigenvalue weighted by atomic mass is 10.1. The molecule has 0 spiro atoms. The number of amides is 2. The first-order valence-corrected chi connectivity index (χ1v) is 8.77. The van der Waals surface area contributed by atoms with Gasteiger partial charge in [0.2, 0.25) is 0 Å². The van der Waals surface area contributed by atoms with E-state index in [4.69, 9.17) is 14.2 Å². The standard InChI is InChI=1S/C20H19F3N2O6/c1-29-14-7-8-15(16(9-14)30-2)25-17(26)11-31-18(27)10-24-19(28)12-3-5-13(6-4-12)20(21,22)23/h3-9H,10-11H2,1-2H3,(H,24,28)(H,25,26). The lowest BCUT2D eigenvalue weighted by molar-refractivity contribution is -0.146. The minimum atomic E-state index is -4.52.